The van der Waals surface area contributed by atoms with E-state index in [0.29, 0.717) is 6.10 Å². The van der Waals surface area contributed by atoms with Crippen molar-refractivity contribution in [2.75, 3.05) is 26.4 Å². The van der Waals surface area contributed by atoms with Gasteiger partial charge in [-0.3, -0.25) is 0 Å². The number of ether oxygens (including phenoxy) is 2. The number of hydrogen-bond acceptors (Lipinski definition) is 4. The van der Waals surface area contributed by atoms with E-state index in [-0.39, 0.29) is 6.04 Å². The lowest BCUT2D eigenvalue weighted by molar-refractivity contribution is -0.0309. The third-order valence-electron chi connectivity index (χ3n) is 3.04. The molecule has 0 radical (unpaired) electrons. The standard InChI is InChI=1S/C13H21NO3/c1-11(13-3-2-7-17-13)14-6-10-16-12-4-8-15-9-5-12/h2-3,7,11-12,14H,4-6,8-10H2,1H3. The largest absolute Gasteiger partial charge is 0.468 e. The molecule has 4 heteroatoms. The summed E-state index contributed by atoms with van der Waals surface area (Å²) in [6, 6.07) is 4.13. The van der Waals surface area contributed by atoms with Crippen LogP contribution in [-0.2, 0) is 9.47 Å². The van der Waals surface area contributed by atoms with Crippen LogP contribution in [0.15, 0.2) is 22.8 Å². The summed E-state index contributed by atoms with van der Waals surface area (Å²) in [7, 11) is 0. The van der Waals surface area contributed by atoms with E-state index in [2.05, 4.69) is 12.2 Å². The van der Waals surface area contributed by atoms with Crippen LogP contribution in [0.1, 0.15) is 31.6 Å². The SMILES string of the molecule is CC(NCCOC1CCOCC1)c1ccco1. The van der Waals surface area contributed by atoms with Gasteiger partial charge < -0.3 is 19.2 Å². The van der Waals surface area contributed by atoms with Gasteiger partial charge in [-0.05, 0) is 31.9 Å². The van der Waals surface area contributed by atoms with Crippen molar-refractivity contribution in [3.63, 3.8) is 0 Å². The Hall–Kier alpha value is -0.840. The van der Waals surface area contributed by atoms with Crippen LogP contribution in [0.2, 0.25) is 0 Å². The average molecular weight is 239 g/mol. The molecule has 0 saturated carbocycles. The third-order valence-corrected chi connectivity index (χ3v) is 3.04. The zero-order chi connectivity index (χ0) is 11.9. The maximum atomic E-state index is 5.78. The lowest BCUT2D eigenvalue weighted by Crippen LogP contribution is -2.28. The first kappa shape index (κ1) is 12.6. The Labute approximate surface area is 102 Å². The molecule has 0 bridgehead atoms. The normalized spacial score (nSPS) is 19.4. The number of rotatable bonds is 6. The van der Waals surface area contributed by atoms with Crippen molar-refractivity contribution in [3.05, 3.63) is 24.2 Å². The fourth-order valence-electron chi connectivity index (χ4n) is 1.98. The lowest BCUT2D eigenvalue weighted by atomic mass is 10.1. The predicted molar refractivity (Wildman–Crippen MR) is 64.9 cm³/mol. The topological polar surface area (TPSA) is 43.6 Å². The predicted octanol–water partition coefficient (Wildman–Crippen LogP) is 2.13. The van der Waals surface area contributed by atoms with Gasteiger partial charge in [0.1, 0.15) is 5.76 Å². The Morgan fingerprint density at radius 3 is 3.00 bits per heavy atom. The number of furan rings is 1. The highest BCUT2D eigenvalue weighted by molar-refractivity contribution is 5.02. The Kier molecular flexibility index (Phi) is 5.04. The van der Waals surface area contributed by atoms with Gasteiger partial charge in [0.25, 0.3) is 0 Å². The summed E-state index contributed by atoms with van der Waals surface area (Å²) in [5.74, 6) is 0.969. The Bertz CT molecular complexity index is 294. The van der Waals surface area contributed by atoms with Gasteiger partial charge in [0, 0.05) is 19.8 Å². The highest BCUT2D eigenvalue weighted by Gasteiger charge is 2.14. The van der Waals surface area contributed by atoms with Crippen molar-refractivity contribution >= 4 is 0 Å². The molecule has 4 nitrogen and oxygen atoms in total. The van der Waals surface area contributed by atoms with E-state index in [1.807, 2.05) is 12.1 Å². The summed E-state index contributed by atoms with van der Waals surface area (Å²) in [6.45, 7) is 5.35. The highest BCUT2D eigenvalue weighted by Crippen LogP contribution is 2.12. The van der Waals surface area contributed by atoms with E-state index in [1.54, 1.807) is 6.26 Å². The number of hydrogen-bond donors (Lipinski definition) is 1. The molecule has 1 aromatic heterocycles. The Morgan fingerprint density at radius 2 is 2.29 bits per heavy atom. The van der Waals surface area contributed by atoms with E-state index in [4.69, 9.17) is 13.9 Å². The summed E-state index contributed by atoms with van der Waals surface area (Å²) >= 11 is 0. The molecule has 0 aliphatic carbocycles. The van der Waals surface area contributed by atoms with E-state index in [1.165, 1.54) is 0 Å². The molecule has 17 heavy (non-hydrogen) atoms. The molecule has 2 heterocycles. The minimum absolute atomic E-state index is 0.239. The molecule has 1 aliphatic heterocycles. The van der Waals surface area contributed by atoms with Crippen molar-refractivity contribution < 1.29 is 13.9 Å². The first-order valence-electron chi connectivity index (χ1n) is 6.32. The molecule has 1 aromatic rings. The number of nitrogens with one attached hydrogen (secondary N) is 1. The molecule has 1 atom stereocenters. The second-order valence-corrected chi connectivity index (χ2v) is 4.37. The Morgan fingerprint density at radius 1 is 1.47 bits per heavy atom. The molecule has 0 amide bonds. The molecule has 0 aromatic carbocycles. The summed E-state index contributed by atoms with van der Waals surface area (Å²) in [5, 5.41) is 3.37. The van der Waals surface area contributed by atoms with E-state index in [0.717, 1.165) is 45.0 Å². The van der Waals surface area contributed by atoms with Crippen molar-refractivity contribution in [2.45, 2.75) is 31.9 Å². The molecular weight excluding hydrogens is 218 g/mol. The van der Waals surface area contributed by atoms with Crippen LogP contribution in [0.5, 0.6) is 0 Å². The molecule has 0 spiro atoms. The lowest BCUT2D eigenvalue weighted by Gasteiger charge is -2.22. The Balaban J connectivity index is 1.56. The summed E-state index contributed by atoms with van der Waals surface area (Å²) in [6.07, 6.45) is 4.12. The van der Waals surface area contributed by atoms with Crippen LogP contribution in [0.25, 0.3) is 0 Å². The highest BCUT2D eigenvalue weighted by atomic mass is 16.5. The minimum Gasteiger partial charge on any atom is -0.468 e. The van der Waals surface area contributed by atoms with Crippen LogP contribution in [-0.4, -0.2) is 32.5 Å². The maximum absolute atomic E-state index is 5.78. The first-order chi connectivity index (χ1) is 8.36. The molecular formula is C13H21NO3. The van der Waals surface area contributed by atoms with Gasteiger partial charge in [0.2, 0.25) is 0 Å². The fourth-order valence-corrected chi connectivity index (χ4v) is 1.98. The summed E-state index contributed by atoms with van der Waals surface area (Å²) in [4.78, 5) is 0. The van der Waals surface area contributed by atoms with Gasteiger partial charge in [-0.25, -0.2) is 0 Å². The smallest absolute Gasteiger partial charge is 0.120 e. The van der Waals surface area contributed by atoms with Crippen molar-refractivity contribution in [3.8, 4) is 0 Å². The molecule has 1 N–H and O–H groups in total. The van der Waals surface area contributed by atoms with Crippen molar-refractivity contribution in [1.29, 1.82) is 0 Å². The van der Waals surface area contributed by atoms with Gasteiger partial charge in [-0.15, -0.1) is 0 Å². The minimum atomic E-state index is 0.239. The maximum Gasteiger partial charge on any atom is 0.120 e. The molecule has 1 aliphatic rings. The van der Waals surface area contributed by atoms with Gasteiger partial charge in [0.05, 0.1) is 25.0 Å². The van der Waals surface area contributed by atoms with E-state index in [9.17, 15) is 0 Å². The third kappa shape index (κ3) is 4.15. The zero-order valence-corrected chi connectivity index (χ0v) is 10.4. The zero-order valence-electron chi connectivity index (χ0n) is 10.4. The summed E-state index contributed by atoms with van der Waals surface area (Å²) < 4.78 is 16.4. The van der Waals surface area contributed by atoms with Crippen molar-refractivity contribution in [2.24, 2.45) is 0 Å². The first-order valence-corrected chi connectivity index (χ1v) is 6.32. The van der Waals surface area contributed by atoms with Gasteiger partial charge in [0.15, 0.2) is 0 Å². The second kappa shape index (κ2) is 6.79. The van der Waals surface area contributed by atoms with E-state index >= 15 is 0 Å². The van der Waals surface area contributed by atoms with Crippen LogP contribution < -0.4 is 5.32 Å². The molecule has 1 saturated heterocycles. The van der Waals surface area contributed by atoms with Crippen LogP contribution in [0.3, 0.4) is 0 Å². The fraction of sp³-hybridized carbons (Fsp3) is 0.692. The molecule has 2 rings (SSSR count). The monoisotopic (exact) mass is 239 g/mol. The van der Waals surface area contributed by atoms with Crippen molar-refractivity contribution in [1.82, 2.24) is 5.32 Å². The van der Waals surface area contributed by atoms with Crippen LogP contribution in [0, 0.1) is 0 Å². The van der Waals surface area contributed by atoms with Gasteiger partial charge in [-0.1, -0.05) is 0 Å². The van der Waals surface area contributed by atoms with Gasteiger partial charge >= 0.3 is 0 Å². The average Bonchev–Trinajstić information content (AvgIpc) is 2.89. The van der Waals surface area contributed by atoms with Crippen LogP contribution >= 0.6 is 0 Å². The molecule has 1 unspecified atom stereocenters. The van der Waals surface area contributed by atoms with Crippen LogP contribution in [0.4, 0.5) is 0 Å². The summed E-state index contributed by atoms with van der Waals surface area (Å²) in [5.41, 5.74) is 0. The van der Waals surface area contributed by atoms with E-state index < -0.39 is 0 Å². The quantitative estimate of drug-likeness (QED) is 0.772. The van der Waals surface area contributed by atoms with Gasteiger partial charge in [-0.2, -0.15) is 0 Å². The molecule has 96 valence electrons. The second-order valence-electron chi connectivity index (χ2n) is 4.37. The molecule has 1 fully saturated rings.